The number of carbonyl (C=O) groups is 3. The summed E-state index contributed by atoms with van der Waals surface area (Å²) < 4.78 is 0.823. The van der Waals surface area contributed by atoms with Gasteiger partial charge in [-0.1, -0.05) is 55.5 Å². The summed E-state index contributed by atoms with van der Waals surface area (Å²) in [6.07, 6.45) is 0.210. The van der Waals surface area contributed by atoms with Gasteiger partial charge in [0.05, 0.1) is 22.1 Å². The molecule has 0 bridgehead atoms. The third kappa shape index (κ3) is 6.65. The number of thioether (sulfide) groups is 1. The van der Waals surface area contributed by atoms with Gasteiger partial charge in [-0.3, -0.25) is 14.4 Å². The number of amides is 3. The van der Waals surface area contributed by atoms with E-state index in [1.54, 1.807) is 6.92 Å². The molecule has 0 saturated carbocycles. The first kappa shape index (κ1) is 21.9. The first-order chi connectivity index (χ1) is 13.3. The minimum absolute atomic E-state index is 0.0931. The maximum Gasteiger partial charge on any atom is 0.248 e. The summed E-state index contributed by atoms with van der Waals surface area (Å²) in [5.74, 6) is -0.890. The zero-order chi connectivity index (χ0) is 20.7. The maximum absolute atomic E-state index is 12.7. The summed E-state index contributed by atoms with van der Waals surface area (Å²) in [5.41, 5.74) is 6.77. The number of primary amides is 1. The summed E-state index contributed by atoms with van der Waals surface area (Å²) in [6, 6.07) is 8.68. The molecule has 1 atom stereocenters. The average Bonchev–Trinajstić information content (AvgIpc) is 2.97. The molecule has 0 aliphatic rings. The number of nitrogens with two attached hydrogens (primary N) is 1. The van der Waals surface area contributed by atoms with Crippen molar-refractivity contribution in [1.29, 1.82) is 0 Å². The van der Waals surface area contributed by atoms with Crippen LogP contribution in [-0.2, 0) is 20.8 Å². The van der Waals surface area contributed by atoms with E-state index in [1.807, 2.05) is 44.2 Å². The van der Waals surface area contributed by atoms with Gasteiger partial charge in [-0.2, -0.15) is 0 Å². The molecule has 1 aromatic heterocycles. The average molecular weight is 421 g/mol. The lowest BCUT2D eigenvalue weighted by Crippen LogP contribution is -2.47. The summed E-state index contributed by atoms with van der Waals surface area (Å²) in [7, 11) is 0. The summed E-state index contributed by atoms with van der Waals surface area (Å²) in [4.78, 5) is 40.3. The molecule has 0 aliphatic carbocycles. The SMILES string of the molecule is Cc1nc(NC(=O)C(NC(=O)Cc2ccccc2)C(C)C)sc1SCC(N)=O. The lowest BCUT2D eigenvalue weighted by molar-refractivity contribution is -0.127. The van der Waals surface area contributed by atoms with Crippen molar-refractivity contribution in [2.24, 2.45) is 11.7 Å². The van der Waals surface area contributed by atoms with E-state index in [1.165, 1.54) is 23.1 Å². The summed E-state index contributed by atoms with van der Waals surface area (Å²) in [5, 5.41) is 6.00. The Morgan fingerprint density at radius 3 is 2.50 bits per heavy atom. The number of aromatic nitrogens is 1. The van der Waals surface area contributed by atoms with Crippen molar-refractivity contribution in [3.05, 3.63) is 41.6 Å². The van der Waals surface area contributed by atoms with Crippen molar-refractivity contribution in [3.63, 3.8) is 0 Å². The largest absolute Gasteiger partial charge is 0.369 e. The Labute approximate surface area is 172 Å². The smallest absolute Gasteiger partial charge is 0.248 e. The second-order valence-corrected chi connectivity index (χ2v) is 8.83. The zero-order valence-electron chi connectivity index (χ0n) is 16.0. The van der Waals surface area contributed by atoms with Gasteiger partial charge >= 0.3 is 0 Å². The molecule has 28 heavy (non-hydrogen) atoms. The fourth-order valence-corrected chi connectivity index (χ4v) is 4.31. The Hall–Kier alpha value is -2.39. The number of anilines is 1. The Balaban J connectivity index is 1.99. The van der Waals surface area contributed by atoms with Gasteiger partial charge in [-0.05, 0) is 18.4 Å². The molecule has 2 rings (SSSR count). The predicted octanol–water partition coefficient (Wildman–Crippen LogP) is 2.35. The van der Waals surface area contributed by atoms with Gasteiger partial charge < -0.3 is 16.4 Å². The first-order valence-corrected chi connectivity index (χ1v) is 10.6. The highest BCUT2D eigenvalue weighted by Gasteiger charge is 2.25. The second-order valence-electron chi connectivity index (χ2n) is 6.59. The van der Waals surface area contributed by atoms with Crippen molar-refractivity contribution < 1.29 is 14.4 Å². The lowest BCUT2D eigenvalue weighted by atomic mass is 10.0. The van der Waals surface area contributed by atoms with E-state index in [9.17, 15) is 14.4 Å². The molecule has 0 aliphatic heterocycles. The van der Waals surface area contributed by atoms with Crippen molar-refractivity contribution in [2.45, 2.75) is 37.4 Å². The number of hydrogen-bond acceptors (Lipinski definition) is 6. The predicted molar refractivity (Wildman–Crippen MR) is 112 cm³/mol. The van der Waals surface area contributed by atoms with Crippen LogP contribution in [0.5, 0.6) is 0 Å². The maximum atomic E-state index is 12.7. The summed E-state index contributed by atoms with van der Waals surface area (Å²) in [6.45, 7) is 5.54. The van der Waals surface area contributed by atoms with Crippen LogP contribution in [-0.4, -0.2) is 34.5 Å². The molecule has 0 spiro atoms. The number of benzene rings is 1. The normalized spacial score (nSPS) is 11.9. The fraction of sp³-hybridized carbons (Fsp3) is 0.368. The number of nitrogens with one attached hydrogen (secondary N) is 2. The topological polar surface area (TPSA) is 114 Å². The van der Waals surface area contributed by atoms with Crippen LogP contribution < -0.4 is 16.4 Å². The van der Waals surface area contributed by atoms with E-state index in [0.717, 1.165) is 15.5 Å². The van der Waals surface area contributed by atoms with Crippen molar-refractivity contribution >= 4 is 46.0 Å². The lowest BCUT2D eigenvalue weighted by Gasteiger charge is -2.21. The van der Waals surface area contributed by atoms with Gasteiger partial charge in [0.2, 0.25) is 17.7 Å². The van der Waals surface area contributed by atoms with Crippen LogP contribution in [0.4, 0.5) is 5.13 Å². The van der Waals surface area contributed by atoms with Crippen LogP contribution in [0.3, 0.4) is 0 Å². The molecular formula is C19H24N4O3S2. The number of rotatable bonds is 9. The number of carbonyl (C=O) groups excluding carboxylic acids is 3. The van der Waals surface area contributed by atoms with E-state index in [0.29, 0.717) is 5.13 Å². The van der Waals surface area contributed by atoms with Crippen molar-refractivity contribution in [1.82, 2.24) is 10.3 Å². The minimum Gasteiger partial charge on any atom is -0.369 e. The molecule has 2 aromatic rings. The van der Waals surface area contributed by atoms with Crippen LogP contribution in [0.15, 0.2) is 34.5 Å². The van der Waals surface area contributed by atoms with Crippen LogP contribution in [0.1, 0.15) is 25.1 Å². The molecule has 1 unspecified atom stereocenters. The highest BCUT2D eigenvalue weighted by atomic mass is 32.2. The summed E-state index contributed by atoms with van der Waals surface area (Å²) >= 11 is 2.57. The molecule has 3 amide bonds. The molecule has 7 nitrogen and oxygen atoms in total. The number of nitrogens with zero attached hydrogens (tertiary/aromatic N) is 1. The third-order valence-electron chi connectivity index (χ3n) is 3.80. The van der Waals surface area contributed by atoms with E-state index in [-0.39, 0.29) is 29.9 Å². The molecule has 4 N–H and O–H groups in total. The first-order valence-electron chi connectivity index (χ1n) is 8.79. The molecule has 1 aromatic carbocycles. The Morgan fingerprint density at radius 1 is 1.21 bits per heavy atom. The molecule has 0 fully saturated rings. The molecule has 0 radical (unpaired) electrons. The Morgan fingerprint density at radius 2 is 1.89 bits per heavy atom. The van der Waals surface area contributed by atoms with Gasteiger partial charge in [0.1, 0.15) is 6.04 Å². The van der Waals surface area contributed by atoms with Crippen LogP contribution in [0, 0.1) is 12.8 Å². The quantitative estimate of drug-likeness (QED) is 0.539. The second kappa shape index (κ2) is 10.2. The van der Waals surface area contributed by atoms with Crippen LogP contribution >= 0.6 is 23.1 Å². The molecule has 1 heterocycles. The minimum atomic E-state index is -0.679. The van der Waals surface area contributed by atoms with Gasteiger partial charge in [0.25, 0.3) is 0 Å². The zero-order valence-corrected chi connectivity index (χ0v) is 17.7. The fourth-order valence-electron chi connectivity index (χ4n) is 2.43. The van der Waals surface area contributed by atoms with Crippen molar-refractivity contribution in [2.75, 3.05) is 11.1 Å². The van der Waals surface area contributed by atoms with Crippen molar-refractivity contribution in [3.8, 4) is 0 Å². The van der Waals surface area contributed by atoms with E-state index in [4.69, 9.17) is 5.73 Å². The Kier molecular flexibility index (Phi) is 8.01. The molecule has 9 heteroatoms. The molecule has 0 saturated heterocycles. The highest BCUT2D eigenvalue weighted by molar-refractivity contribution is 8.01. The molecular weight excluding hydrogens is 396 g/mol. The van der Waals surface area contributed by atoms with E-state index in [2.05, 4.69) is 15.6 Å². The monoisotopic (exact) mass is 420 g/mol. The highest BCUT2D eigenvalue weighted by Crippen LogP contribution is 2.32. The molecule has 150 valence electrons. The standard InChI is InChI=1S/C19H24N4O3S2/c1-11(2)16(22-15(25)9-13-7-5-4-6-8-13)17(26)23-19-21-12(3)18(28-19)27-10-14(20)24/h4-8,11,16H,9-10H2,1-3H3,(H2,20,24)(H,22,25)(H,21,23,26). The number of aryl methyl sites for hydroxylation is 1. The van der Waals surface area contributed by atoms with Crippen LogP contribution in [0.25, 0.3) is 0 Å². The van der Waals surface area contributed by atoms with E-state index < -0.39 is 11.9 Å². The van der Waals surface area contributed by atoms with Gasteiger partial charge in [0, 0.05) is 0 Å². The van der Waals surface area contributed by atoms with E-state index >= 15 is 0 Å². The third-order valence-corrected chi connectivity index (χ3v) is 6.26. The van der Waals surface area contributed by atoms with Gasteiger partial charge in [-0.25, -0.2) is 4.98 Å². The number of hydrogen-bond donors (Lipinski definition) is 3. The van der Waals surface area contributed by atoms with Gasteiger partial charge in [-0.15, -0.1) is 11.8 Å². The Bertz CT molecular complexity index is 837. The van der Waals surface area contributed by atoms with Gasteiger partial charge in [0.15, 0.2) is 5.13 Å². The number of thiazole rings is 1. The van der Waals surface area contributed by atoms with Crippen LogP contribution in [0.2, 0.25) is 0 Å².